The van der Waals surface area contributed by atoms with Crippen molar-refractivity contribution in [3.05, 3.63) is 42.1 Å². The minimum atomic E-state index is 0.0918. The molecule has 0 N–H and O–H groups in total. The fourth-order valence-corrected chi connectivity index (χ4v) is 2.50. The highest BCUT2D eigenvalue weighted by molar-refractivity contribution is 5.57. The van der Waals surface area contributed by atoms with Gasteiger partial charge in [0.05, 0.1) is 25.9 Å². The molecule has 0 aliphatic carbocycles. The summed E-state index contributed by atoms with van der Waals surface area (Å²) in [5, 5.41) is 0. The van der Waals surface area contributed by atoms with Gasteiger partial charge in [0.2, 0.25) is 0 Å². The maximum absolute atomic E-state index is 5.71. The lowest BCUT2D eigenvalue weighted by Gasteiger charge is -2.28. The van der Waals surface area contributed by atoms with E-state index in [2.05, 4.69) is 14.9 Å². The van der Waals surface area contributed by atoms with Crippen molar-refractivity contribution in [2.45, 2.75) is 13.0 Å². The van der Waals surface area contributed by atoms with Crippen LogP contribution in [0.2, 0.25) is 0 Å². The molecule has 1 aromatic heterocycles. The van der Waals surface area contributed by atoms with Crippen molar-refractivity contribution in [1.29, 1.82) is 0 Å². The minimum Gasteiger partial charge on any atom is -0.376 e. The second-order valence-corrected chi connectivity index (χ2v) is 5.51. The molecule has 1 unspecified atom stereocenters. The summed E-state index contributed by atoms with van der Waals surface area (Å²) >= 11 is 0. The van der Waals surface area contributed by atoms with E-state index >= 15 is 0 Å². The highest BCUT2D eigenvalue weighted by Crippen LogP contribution is 2.19. The standard InChI is InChI=1S/C17H21N3O2/c1-13-10-16(20(2)11-15-12-21-8-9-22-15)19-17(18-13)14-6-4-3-5-7-14/h3-7,10,15H,8-9,11-12H2,1-2H3. The molecule has 2 heterocycles. The first-order valence-electron chi connectivity index (χ1n) is 7.54. The largest absolute Gasteiger partial charge is 0.376 e. The van der Waals surface area contributed by atoms with E-state index < -0.39 is 0 Å². The lowest BCUT2D eigenvalue weighted by Crippen LogP contribution is -2.38. The molecule has 0 saturated carbocycles. The Morgan fingerprint density at radius 2 is 2.00 bits per heavy atom. The Morgan fingerprint density at radius 1 is 1.18 bits per heavy atom. The van der Waals surface area contributed by atoms with E-state index in [1.807, 2.05) is 50.4 Å². The monoisotopic (exact) mass is 299 g/mol. The number of aromatic nitrogens is 2. The molecule has 5 heteroatoms. The summed E-state index contributed by atoms with van der Waals surface area (Å²) in [6.45, 7) is 4.73. The van der Waals surface area contributed by atoms with Crippen molar-refractivity contribution in [2.75, 3.05) is 38.3 Å². The Kier molecular flexibility index (Phi) is 4.65. The molecular weight excluding hydrogens is 278 g/mol. The quantitative estimate of drug-likeness (QED) is 0.867. The van der Waals surface area contributed by atoms with Gasteiger partial charge in [-0.1, -0.05) is 30.3 Å². The molecule has 0 bridgehead atoms. The predicted molar refractivity (Wildman–Crippen MR) is 86.0 cm³/mol. The highest BCUT2D eigenvalue weighted by atomic mass is 16.6. The summed E-state index contributed by atoms with van der Waals surface area (Å²) in [5.74, 6) is 1.66. The van der Waals surface area contributed by atoms with Gasteiger partial charge in [0, 0.05) is 30.9 Å². The van der Waals surface area contributed by atoms with Crippen molar-refractivity contribution in [3.63, 3.8) is 0 Å². The van der Waals surface area contributed by atoms with Crippen LogP contribution in [0.3, 0.4) is 0 Å². The molecule has 0 spiro atoms. The van der Waals surface area contributed by atoms with Gasteiger partial charge in [-0.25, -0.2) is 9.97 Å². The van der Waals surface area contributed by atoms with Gasteiger partial charge >= 0.3 is 0 Å². The first-order chi connectivity index (χ1) is 10.7. The maximum Gasteiger partial charge on any atom is 0.161 e. The minimum absolute atomic E-state index is 0.0918. The van der Waals surface area contributed by atoms with Crippen LogP contribution in [0.15, 0.2) is 36.4 Å². The summed E-state index contributed by atoms with van der Waals surface area (Å²) < 4.78 is 11.2. The Hall–Kier alpha value is -1.98. The van der Waals surface area contributed by atoms with Gasteiger partial charge in [-0.15, -0.1) is 0 Å². The number of nitrogens with zero attached hydrogens (tertiary/aromatic N) is 3. The molecule has 0 radical (unpaired) electrons. The summed E-state index contributed by atoms with van der Waals surface area (Å²) in [5.41, 5.74) is 1.98. The van der Waals surface area contributed by atoms with Gasteiger partial charge in [0.25, 0.3) is 0 Å². The summed E-state index contributed by atoms with van der Waals surface area (Å²) in [7, 11) is 2.02. The van der Waals surface area contributed by atoms with E-state index in [0.717, 1.165) is 29.4 Å². The van der Waals surface area contributed by atoms with E-state index in [-0.39, 0.29) is 6.10 Å². The van der Waals surface area contributed by atoms with E-state index in [9.17, 15) is 0 Å². The van der Waals surface area contributed by atoms with Gasteiger partial charge in [-0.3, -0.25) is 0 Å². The number of anilines is 1. The lowest BCUT2D eigenvalue weighted by molar-refractivity contribution is -0.0837. The number of ether oxygens (including phenoxy) is 2. The molecular formula is C17H21N3O2. The summed E-state index contributed by atoms with van der Waals surface area (Å²) in [4.78, 5) is 11.3. The van der Waals surface area contributed by atoms with Crippen LogP contribution in [0.25, 0.3) is 11.4 Å². The van der Waals surface area contributed by atoms with Crippen LogP contribution in [0.1, 0.15) is 5.69 Å². The van der Waals surface area contributed by atoms with Crippen LogP contribution >= 0.6 is 0 Å². The van der Waals surface area contributed by atoms with Crippen molar-refractivity contribution in [1.82, 2.24) is 9.97 Å². The molecule has 22 heavy (non-hydrogen) atoms. The Morgan fingerprint density at radius 3 is 2.73 bits per heavy atom. The van der Waals surface area contributed by atoms with Gasteiger partial charge in [-0.05, 0) is 6.92 Å². The molecule has 3 rings (SSSR count). The van der Waals surface area contributed by atoms with Crippen LogP contribution in [-0.2, 0) is 9.47 Å². The summed E-state index contributed by atoms with van der Waals surface area (Å²) in [6.07, 6.45) is 0.0918. The number of likely N-dealkylation sites (N-methyl/N-ethyl adjacent to an activating group) is 1. The van der Waals surface area contributed by atoms with Gasteiger partial charge in [-0.2, -0.15) is 0 Å². The molecule has 1 atom stereocenters. The Labute approximate surface area is 130 Å². The van der Waals surface area contributed by atoms with Crippen LogP contribution in [0.4, 0.5) is 5.82 Å². The first kappa shape index (κ1) is 14.9. The van der Waals surface area contributed by atoms with Crippen LogP contribution < -0.4 is 4.90 Å². The van der Waals surface area contributed by atoms with Crippen molar-refractivity contribution in [2.24, 2.45) is 0 Å². The predicted octanol–water partition coefficient (Wildman–Crippen LogP) is 2.30. The number of hydrogen-bond donors (Lipinski definition) is 0. The zero-order valence-electron chi connectivity index (χ0n) is 13.0. The lowest BCUT2D eigenvalue weighted by atomic mass is 10.2. The van der Waals surface area contributed by atoms with Gasteiger partial charge in [0.15, 0.2) is 5.82 Å². The van der Waals surface area contributed by atoms with E-state index in [0.29, 0.717) is 19.8 Å². The molecule has 1 saturated heterocycles. The third-order valence-electron chi connectivity index (χ3n) is 3.63. The molecule has 116 valence electrons. The van der Waals surface area contributed by atoms with Crippen LogP contribution in [0, 0.1) is 6.92 Å². The average Bonchev–Trinajstić information content (AvgIpc) is 2.56. The number of aryl methyl sites for hydroxylation is 1. The number of rotatable bonds is 4. The van der Waals surface area contributed by atoms with E-state index in [4.69, 9.17) is 9.47 Å². The Bertz CT molecular complexity index is 613. The van der Waals surface area contributed by atoms with Gasteiger partial charge < -0.3 is 14.4 Å². The first-order valence-corrected chi connectivity index (χ1v) is 7.54. The topological polar surface area (TPSA) is 47.5 Å². The Balaban J connectivity index is 1.79. The maximum atomic E-state index is 5.71. The van der Waals surface area contributed by atoms with Crippen molar-refractivity contribution < 1.29 is 9.47 Å². The van der Waals surface area contributed by atoms with Crippen LogP contribution in [0.5, 0.6) is 0 Å². The molecule has 1 aliphatic rings. The smallest absolute Gasteiger partial charge is 0.161 e. The molecule has 0 amide bonds. The van der Waals surface area contributed by atoms with E-state index in [1.54, 1.807) is 0 Å². The second kappa shape index (κ2) is 6.85. The SMILES string of the molecule is Cc1cc(N(C)CC2COCCO2)nc(-c2ccccc2)n1. The third-order valence-corrected chi connectivity index (χ3v) is 3.63. The third kappa shape index (κ3) is 3.61. The van der Waals surface area contributed by atoms with Gasteiger partial charge in [0.1, 0.15) is 5.82 Å². The molecule has 1 fully saturated rings. The number of benzene rings is 1. The van der Waals surface area contributed by atoms with Crippen molar-refractivity contribution >= 4 is 5.82 Å². The fraction of sp³-hybridized carbons (Fsp3) is 0.412. The average molecular weight is 299 g/mol. The van der Waals surface area contributed by atoms with Crippen molar-refractivity contribution in [3.8, 4) is 11.4 Å². The second-order valence-electron chi connectivity index (χ2n) is 5.51. The normalized spacial score (nSPS) is 18.2. The zero-order valence-corrected chi connectivity index (χ0v) is 13.0. The zero-order chi connectivity index (χ0) is 15.4. The molecule has 2 aromatic rings. The molecule has 5 nitrogen and oxygen atoms in total. The number of hydrogen-bond acceptors (Lipinski definition) is 5. The molecule has 1 aliphatic heterocycles. The summed E-state index contributed by atoms with van der Waals surface area (Å²) in [6, 6.07) is 12.0. The van der Waals surface area contributed by atoms with E-state index in [1.165, 1.54) is 0 Å². The van der Waals surface area contributed by atoms with Crippen LogP contribution in [-0.4, -0.2) is 49.5 Å². The highest BCUT2D eigenvalue weighted by Gasteiger charge is 2.18. The fourth-order valence-electron chi connectivity index (χ4n) is 2.50. The molecule has 1 aromatic carbocycles.